The van der Waals surface area contributed by atoms with Crippen molar-refractivity contribution in [3.63, 3.8) is 0 Å². The highest BCUT2D eigenvalue weighted by molar-refractivity contribution is 8.11. The summed E-state index contributed by atoms with van der Waals surface area (Å²) in [5, 5.41) is 1.90. The number of hydrogen-bond acceptors (Lipinski definition) is 4. The molecule has 30 heavy (non-hydrogen) atoms. The molecule has 0 aromatic heterocycles. The summed E-state index contributed by atoms with van der Waals surface area (Å²) >= 11 is 0. The van der Waals surface area contributed by atoms with Crippen molar-refractivity contribution >= 4 is 22.1 Å². The van der Waals surface area contributed by atoms with E-state index in [4.69, 9.17) is 13.7 Å². The lowest BCUT2D eigenvalue weighted by atomic mass is 10.2. The molecule has 7 heteroatoms. The zero-order chi connectivity index (χ0) is 21.7. The van der Waals surface area contributed by atoms with Gasteiger partial charge in [-0.05, 0) is 43.5 Å². The molecule has 0 bridgehead atoms. The van der Waals surface area contributed by atoms with Crippen molar-refractivity contribution in [1.82, 2.24) is 0 Å². The highest BCUT2D eigenvalue weighted by Crippen LogP contribution is 2.34. The third-order valence-corrected chi connectivity index (χ3v) is 5.56. The summed E-state index contributed by atoms with van der Waals surface area (Å²) in [5.74, 6) is -1.64. The van der Waals surface area contributed by atoms with E-state index in [2.05, 4.69) is 0 Å². The van der Waals surface area contributed by atoms with Crippen LogP contribution < -0.4 is 8.92 Å². The van der Waals surface area contributed by atoms with Crippen LogP contribution in [0.2, 0.25) is 0 Å². The smallest absolute Gasteiger partial charge is 0.338 e. The maximum Gasteiger partial charge on any atom is 0.338 e. The zero-order valence-corrected chi connectivity index (χ0v) is 17.5. The molecule has 1 atom stereocenters. The molecule has 4 nitrogen and oxygen atoms in total. The first kappa shape index (κ1) is 21.5. The van der Waals surface area contributed by atoms with Crippen molar-refractivity contribution in [3.8, 4) is 17.2 Å². The lowest BCUT2D eigenvalue weighted by Crippen LogP contribution is -2.02. The van der Waals surface area contributed by atoms with Crippen LogP contribution in [-0.2, 0) is 4.74 Å². The molecule has 0 amide bonds. The number of ether oxygens (including phenoxy) is 2. The summed E-state index contributed by atoms with van der Waals surface area (Å²) < 4.78 is 43.4. The fourth-order valence-corrected chi connectivity index (χ4v) is 3.82. The first-order valence-corrected chi connectivity index (χ1v) is 10.2. The predicted octanol–water partition coefficient (Wildman–Crippen LogP) is 6.30. The molecule has 0 saturated heterocycles. The van der Waals surface area contributed by atoms with Gasteiger partial charge in [0.25, 0.3) is 0 Å². The van der Waals surface area contributed by atoms with E-state index in [0.29, 0.717) is 5.75 Å². The molecular weight excluding hydrogens is 410 g/mol. The highest BCUT2D eigenvalue weighted by Gasteiger charge is 2.13. The lowest BCUT2D eigenvalue weighted by Gasteiger charge is -2.14. The molecule has 156 valence electrons. The minimum Gasteiger partial charge on any atom is -0.465 e. The number of aryl methyl sites for hydroxylation is 1. The Labute approximate surface area is 176 Å². The number of carbonyl (C=O) groups is 1. The SMILES string of the molecule is C/C=S(/Oc1cc(Oc2cc(F)cc(F)c2)cc(C(=O)OC)c1)c1ccc(C)cc1. The Hall–Kier alpha value is -3.19. The van der Waals surface area contributed by atoms with E-state index >= 15 is 0 Å². The average molecular weight is 430 g/mol. The zero-order valence-electron chi connectivity index (χ0n) is 16.6. The maximum absolute atomic E-state index is 13.5. The second-order valence-electron chi connectivity index (χ2n) is 6.32. The van der Waals surface area contributed by atoms with Crippen LogP contribution in [-0.4, -0.2) is 18.4 Å². The second-order valence-corrected chi connectivity index (χ2v) is 8.03. The summed E-state index contributed by atoms with van der Waals surface area (Å²) in [6, 6.07) is 15.2. The van der Waals surface area contributed by atoms with Crippen molar-refractivity contribution in [1.29, 1.82) is 0 Å². The quantitative estimate of drug-likeness (QED) is 0.340. The van der Waals surface area contributed by atoms with E-state index in [1.165, 1.54) is 19.2 Å². The number of rotatable bonds is 6. The van der Waals surface area contributed by atoms with Crippen LogP contribution in [0.3, 0.4) is 0 Å². The number of esters is 1. The van der Waals surface area contributed by atoms with Crippen LogP contribution in [0.25, 0.3) is 0 Å². The summed E-state index contributed by atoms with van der Waals surface area (Å²) in [6.45, 7) is 3.87. The van der Waals surface area contributed by atoms with E-state index in [-0.39, 0.29) is 17.1 Å². The van der Waals surface area contributed by atoms with E-state index in [1.807, 2.05) is 43.5 Å². The van der Waals surface area contributed by atoms with E-state index < -0.39 is 28.4 Å². The molecule has 0 fully saturated rings. The largest absolute Gasteiger partial charge is 0.465 e. The van der Waals surface area contributed by atoms with Gasteiger partial charge >= 0.3 is 5.97 Å². The molecule has 3 rings (SSSR count). The Morgan fingerprint density at radius 1 is 0.900 bits per heavy atom. The molecule has 0 aliphatic heterocycles. The fraction of sp³-hybridized carbons (Fsp3) is 0.130. The average Bonchev–Trinajstić information content (AvgIpc) is 2.71. The molecule has 0 heterocycles. The van der Waals surface area contributed by atoms with Gasteiger partial charge in [0.2, 0.25) is 0 Å². The van der Waals surface area contributed by atoms with Gasteiger partial charge in [-0.15, -0.1) is 0 Å². The van der Waals surface area contributed by atoms with Crippen LogP contribution in [0.4, 0.5) is 8.78 Å². The first-order chi connectivity index (χ1) is 14.4. The Bertz CT molecular complexity index is 1070. The van der Waals surface area contributed by atoms with Crippen molar-refractivity contribution in [2.45, 2.75) is 18.7 Å². The first-order valence-electron chi connectivity index (χ1n) is 9.03. The van der Waals surface area contributed by atoms with Crippen LogP contribution in [0.15, 0.2) is 65.6 Å². The topological polar surface area (TPSA) is 44.8 Å². The molecule has 0 spiro atoms. The molecular formula is C23H20F2O4S. The number of benzene rings is 3. The van der Waals surface area contributed by atoms with Gasteiger partial charge in [-0.3, -0.25) is 0 Å². The fourth-order valence-electron chi connectivity index (χ4n) is 2.65. The van der Waals surface area contributed by atoms with Gasteiger partial charge in [0, 0.05) is 39.9 Å². The standard InChI is InChI=1S/C23H20F2O4S/c1-4-30(22-7-5-15(2)6-8-22)29-21-10-16(23(26)27-3)9-19(14-21)28-20-12-17(24)11-18(25)13-20/h4-14H,1-3H3. The minimum absolute atomic E-state index is 0.0416. The minimum atomic E-state index is -0.771. The van der Waals surface area contributed by atoms with Crippen LogP contribution in [0.1, 0.15) is 22.8 Å². The van der Waals surface area contributed by atoms with Gasteiger partial charge in [0.15, 0.2) is 0 Å². The molecule has 1 unspecified atom stereocenters. The Morgan fingerprint density at radius 2 is 1.50 bits per heavy atom. The monoisotopic (exact) mass is 430 g/mol. The normalized spacial score (nSPS) is 11.8. The Morgan fingerprint density at radius 3 is 2.10 bits per heavy atom. The van der Waals surface area contributed by atoms with Gasteiger partial charge in [-0.2, -0.15) is 0 Å². The third-order valence-electron chi connectivity index (χ3n) is 4.03. The van der Waals surface area contributed by atoms with E-state index in [9.17, 15) is 13.6 Å². The van der Waals surface area contributed by atoms with Crippen molar-refractivity contribution < 1.29 is 27.2 Å². The van der Waals surface area contributed by atoms with Crippen LogP contribution >= 0.6 is 10.8 Å². The van der Waals surface area contributed by atoms with Crippen LogP contribution in [0.5, 0.6) is 17.2 Å². The van der Waals surface area contributed by atoms with Gasteiger partial charge in [0.1, 0.15) is 28.9 Å². The number of hydrogen-bond donors (Lipinski definition) is 0. The van der Waals surface area contributed by atoms with Crippen LogP contribution in [0, 0.1) is 18.6 Å². The number of methoxy groups -OCH3 is 1. The van der Waals surface area contributed by atoms with Gasteiger partial charge in [-0.1, -0.05) is 17.7 Å². The molecule has 0 radical (unpaired) electrons. The van der Waals surface area contributed by atoms with Crippen molar-refractivity contribution in [3.05, 3.63) is 83.4 Å². The van der Waals surface area contributed by atoms with E-state index in [1.54, 1.807) is 6.07 Å². The number of halogens is 2. The molecule has 3 aromatic rings. The molecule has 3 aromatic carbocycles. The maximum atomic E-state index is 13.5. The molecule has 0 aliphatic rings. The highest BCUT2D eigenvalue weighted by atomic mass is 32.2. The number of carbonyl (C=O) groups excluding carboxylic acids is 1. The predicted molar refractivity (Wildman–Crippen MR) is 114 cm³/mol. The van der Waals surface area contributed by atoms with E-state index in [0.717, 1.165) is 28.7 Å². The third kappa shape index (κ3) is 5.45. The van der Waals surface area contributed by atoms with Gasteiger partial charge in [-0.25, -0.2) is 13.6 Å². The molecule has 0 aliphatic carbocycles. The van der Waals surface area contributed by atoms with Crippen molar-refractivity contribution in [2.24, 2.45) is 0 Å². The van der Waals surface area contributed by atoms with Crippen molar-refractivity contribution in [2.75, 3.05) is 7.11 Å². The molecule has 0 N–H and O–H groups in total. The Kier molecular flexibility index (Phi) is 6.84. The van der Waals surface area contributed by atoms with Gasteiger partial charge in [0.05, 0.1) is 12.7 Å². The summed E-state index contributed by atoms with van der Waals surface area (Å²) in [6.07, 6.45) is 0. The summed E-state index contributed by atoms with van der Waals surface area (Å²) in [4.78, 5) is 13.0. The lowest BCUT2D eigenvalue weighted by molar-refractivity contribution is 0.0600. The summed E-state index contributed by atoms with van der Waals surface area (Å²) in [5.41, 5.74) is 1.31. The molecule has 0 saturated carbocycles. The van der Waals surface area contributed by atoms with Gasteiger partial charge < -0.3 is 13.7 Å². The Balaban J connectivity index is 1.95. The summed E-state index contributed by atoms with van der Waals surface area (Å²) in [7, 11) is 0.567. The second kappa shape index (κ2) is 9.54.